The monoisotopic (exact) mass is 269 g/mol. The van der Waals surface area contributed by atoms with Crippen molar-refractivity contribution in [2.45, 2.75) is 32.1 Å². The molecule has 2 unspecified atom stereocenters. The first-order valence-electron chi connectivity index (χ1n) is 6.26. The molecular weight excluding hydrogens is 250 g/mol. The fourth-order valence-corrected chi connectivity index (χ4v) is 2.31. The van der Waals surface area contributed by atoms with Gasteiger partial charge in [0.2, 0.25) is 0 Å². The summed E-state index contributed by atoms with van der Waals surface area (Å²) in [5.41, 5.74) is 6.63. The van der Waals surface area contributed by atoms with Gasteiger partial charge in [0.1, 0.15) is 0 Å². The third-order valence-electron chi connectivity index (χ3n) is 3.31. The van der Waals surface area contributed by atoms with Crippen molar-refractivity contribution < 1.29 is 9.90 Å². The summed E-state index contributed by atoms with van der Waals surface area (Å²) in [6.45, 7) is 2.30. The normalized spacial score (nSPS) is 14.2. The fraction of sp³-hybridized carbons (Fsp3) is 0.500. The highest BCUT2D eigenvalue weighted by atomic mass is 35.5. The van der Waals surface area contributed by atoms with Gasteiger partial charge in [-0.3, -0.25) is 4.79 Å². The van der Waals surface area contributed by atoms with E-state index in [1.54, 1.807) is 0 Å². The summed E-state index contributed by atoms with van der Waals surface area (Å²) in [5.74, 6) is -0.909. The molecule has 0 aliphatic carbocycles. The summed E-state index contributed by atoms with van der Waals surface area (Å²) in [5, 5.41) is 9.69. The van der Waals surface area contributed by atoms with Gasteiger partial charge >= 0.3 is 5.97 Å². The molecule has 100 valence electrons. The Kier molecular flexibility index (Phi) is 6.16. The second-order valence-electron chi connectivity index (χ2n) is 4.51. The molecule has 1 aromatic carbocycles. The predicted molar refractivity (Wildman–Crippen MR) is 73.9 cm³/mol. The molecule has 1 aromatic rings. The Morgan fingerprint density at radius 1 is 1.44 bits per heavy atom. The summed E-state index contributed by atoms with van der Waals surface area (Å²) in [7, 11) is 0. The van der Waals surface area contributed by atoms with Crippen LogP contribution >= 0.6 is 11.6 Å². The predicted octanol–water partition coefficient (Wildman–Crippen LogP) is 3.27. The van der Waals surface area contributed by atoms with Crippen molar-refractivity contribution in [1.82, 2.24) is 0 Å². The number of rotatable bonds is 7. The van der Waals surface area contributed by atoms with Crippen molar-refractivity contribution in [2.75, 3.05) is 6.54 Å². The van der Waals surface area contributed by atoms with Crippen LogP contribution in [0.15, 0.2) is 24.3 Å². The number of nitrogens with two attached hydrogens (primary N) is 1. The smallest absolute Gasteiger partial charge is 0.307 e. The van der Waals surface area contributed by atoms with Gasteiger partial charge < -0.3 is 10.8 Å². The van der Waals surface area contributed by atoms with Crippen LogP contribution in [0.1, 0.15) is 37.7 Å². The van der Waals surface area contributed by atoms with E-state index in [1.807, 2.05) is 24.3 Å². The van der Waals surface area contributed by atoms with Gasteiger partial charge in [-0.15, -0.1) is 0 Å². The van der Waals surface area contributed by atoms with E-state index in [1.165, 1.54) is 5.56 Å². The molecule has 3 N–H and O–H groups in total. The maximum atomic E-state index is 10.9. The maximum Gasteiger partial charge on any atom is 0.307 e. The van der Waals surface area contributed by atoms with Crippen LogP contribution in [0.4, 0.5) is 0 Å². The van der Waals surface area contributed by atoms with Crippen molar-refractivity contribution in [3.05, 3.63) is 34.9 Å². The van der Waals surface area contributed by atoms with Crippen LogP contribution < -0.4 is 5.73 Å². The number of carboxylic acids is 1. The third kappa shape index (κ3) is 4.31. The van der Waals surface area contributed by atoms with E-state index in [9.17, 15) is 4.79 Å². The molecular formula is C14H20ClNO2. The molecule has 0 aliphatic rings. The van der Waals surface area contributed by atoms with Crippen molar-refractivity contribution in [3.63, 3.8) is 0 Å². The minimum Gasteiger partial charge on any atom is -0.481 e. The van der Waals surface area contributed by atoms with Crippen LogP contribution in [0.2, 0.25) is 5.02 Å². The Morgan fingerprint density at radius 2 is 2.17 bits per heavy atom. The topological polar surface area (TPSA) is 63.3 Å². The van der Waals surface area contributed by atoms with Gasteiger partial charge in [-0.2, -0.15) is 0 Å². The van der Waals surface area contributed by atoms with Crippen molar-refractivity contribution in [1.29, 1.82) is 0 Å². The number of carbonyl (C=O) groups is 1. The summed E-state index contributed by atoms with van der Waals surface area (Å²) in [6.07, 6.45) is 2.40. The van der Waals surface area contributed by atoms with Gasteiger partial charge in [-0.25, -0.2) is 0 Å². The van der Waals surface area contributed by atoms with Gasteiger partial charge in [0.25, 0.3) is 0 Å². The van der Waals surface area contributed by atoms with Crippen molar-refractivity contribution >= 4 is 17.6 Å². The molecule has 18 heavy (non-hydrogen) atoms. The lowest BCUT2D eigenvalue weighted by Gasteiger charge is -2.18. The Bertz CT molecular complexity index is 395. The lowest BCUT2D eigenvalue weighted by molar-refractivity contribution is -0.141. The molecule has 0 amide bonds. The highest BCUT2D eigenvalue weighted by Gasteiger charge is 2.18. The van der Waals surface area contributed by atoms with E-state index in [0.29, 0.717) is 12.3 Å². The minimum absolute atomic E-state index is 0.196. The Hall–Kier alpha value is -1.06. The first-order chi connectivity index (χ1) is 8.58. The quantitative estimate of drug-likeness (QED) is 0.798. The van der Waals surface area contributed by atoms with E-state index >= 15 is 0 Å². The van der Waals surface area contributed by atoms with E-state index in [-0.39, 0.29) is 6.54 Å². The van der Waals surface area contributed by atoms with E-state index in [2.05, 4.69) is 6.92 Å². The lowest BCUT2D eigenvalue weighted by Crippen LogP contribution is -2.23. The number of hydrogen-bond donors (Lipinski definition) is 2. The van der Waals surface area contributed by atoms with Crippen molar-refractivity contribution in [3.8, 4) is 0 Å². The van der Waals surface area contributed by atoms with Crippen molar-refractivity contribution in [2.24, 2.45) is 11.7 Å². The van der Waals surface area contributed by atoms with Crippen LogP contribution in [0.3, 0.4) is 0 Å². The van der Waals surface area contributed by atoms with E-state index in [4.69, 9.17) is 22.4 Å². The zero-order valence-corrected chi connectivity index (χ0v) is 11.4. The van der Waals surface area contributed by atoms with Gasteiger partial charge in [-0.1, -0.05) is 30.7 Å². The zero-order valence-electron chi connectivity index (χ0n) is 10.6. The molecule has 0 saturated carbocycles. The number of carboxylic acid groups (broad SMARTS) is 1. The van der Waals surface area contributed by atoms with Gasteiger partial charge in [0.05, 0.1) is 5.92 Å². The highest BCUT2D eigenvalue weighted by Crippen LogP contribution is 2.28. The summed E-state index contributed by atoms with van der Waals surface area (Å²) >= 11 is 5.97. The van der Waals surface area contributed by atoms with E-state index in [0.717, 1.165) is 17.9 Å². The SMILES string of the molecule is CCC(CCC(CN)C(=O)O)c1cccc(Cl)c1. The molecule has 2 atom stereocenters. The largest absolute Gasteiger partial charge is 0.481 e. The third-order valence-corrected chi connectivity index (χ3v) is 3.55. The molecule has 0 aromatic heterocycles. The molecule has 0 saturated heterocycles. The molecule has 3 nitrogen and oxygen atoms in total. The average Bonchev–Trinajstić information content (AvgIpc) is 2.34. The van der Waals surface area contributed by atoms with Crippen LogP contribution in [0, 0.1) is 5.92 Å². The Labute approximate surface area is 113 Å². The summed E-state index contributed by atoms with van der Waals surface area (Å²) in [4.78, 5) is 10.9. The number of halogens is 1. The van der Waals surface area contributed by atoms with Crippen LogP contribution in [-0.4, -0.2) is 17.6 Å². The molecule has 0 aliphatic heterocycles. The van der Waals surface area contributed by atoms with Gasteiger partial charge in [0.15, 0.2) is 0 Å². The maximum absolute atomic E-state index is 10.9. The molecule has 0 bridgehead atoms. The summed E-state index contributed by atoms with van der Waals surface area (Å²) < 4.78 is 0. The van der Waals surface area contributed by atoms with E-state index < -0.39 is 11.9 Å². The van der Waals surface area contributed by atoms with Gasteiger partial charge in [0, 0.05) is 11.6 Å². The zero-order chi connectivity index (χ0) is 13.5. The minimum atomic E-state index is -0.807. The molecule has 0 radical (unpaired) electrons. The van der Waals surface area contributed by atoms with Crippen LogP contribution in [-0.2, 0) is 4.79 Å². The molecule has 4 heteroatoms. The summed E-state index contributed by atoms with van der Waals surface area (Å²) in [6, 6.07) is 7.77. The fourth-order valence-electron chi connectivity index (χ4n) is 2.11. The van der Waals surface area contributed by atoms with Gasteiger partial charge in [-0.05, 0) is 42.9 Å². The molecule has 0 spiro atoms. The first kappa shape index (κ1) is 15.0. The number of hydrogen-bond acceptors (Lipinski definition) is 2. The molecule has 0 heterocycles. The molecule has 1 rings (SSSR count). The lowest BCUT2D eigenvalue weighted by atomic mass is 9.88. The standard InChI is InChI=1S/C14H20ClNO2/c1-2-10(6-7-12(9-16)14(17)18)11-4-3-5-13(15)8-11/h3-5,8,10,12H,2,6-7,9,16H2,1H3,(H,17,18). The van der Waals surface area contributed by atoms with Crippen LogP contribution in [0.25, 0.3) is 0 Å². The number of benzene rings is 1. The number of aliphatic carboxylic acids is 1. The average molecular weight is 270 g/mol. The second kappa shape index (κ2) is 7.39. The Morgan fingerprint density at radius 3 is 2.67 bits per heavy atom. The second-order valence-corrected chi connectivity index (χ2v) is 4.94. The first-order valence-corrected chi connectivity index (χ1v) is 6.64. The van der Waals surface area contributed by atoms with Crippen LogP contribution in [0.5, 0.6) is 0 Å². The molecule has 0 fully saturated rings. The highest BCUT2D eigenvalue weighted by molar-refractivity contribution is 6.30. The Balaban J connectivity index is 2.65.